The van der Waals surface area contributed by atoms with Crippen molar-refractivity contribution < 1.29 is 4.42 Å². The van der Waals surface area contributed by atoms with Crippen LogP contribution in [0, 0.1) is 11.3 Å². The number of hydrogen-bond donors (Lipinski definition) is 1. The van der Waals surface area contributed by atoms with E-state index in [9.17, 15) is 10.1 Å². The summed E-state index contributed by atoms with van der Waals surface area (Å²) < 4.78 is 5.35. The quantitative estimate of drug-likeness (QED) is 0.307. The molecule has 0 amide bonds. The first-order chi connectivity index (χ1) is 12.1. The van der Waals surface area contributed by atoms with Gasteiger partial charge >= 0.3 is 5.63 Å². The van der Waals surface area contributed by atoms with Crippen molar-refractivity contribution in [1.29, 1.82) is 5.26 Å². The second-order valence-corrected chi connectivity index (χ2v) is 6.02. The Morgan fingerprint density at radius 1 is 1.00 bits per heavy atom. The average Bonchev–Trinajstić information content (AvgIpc) is 2.61. The van der Waals surface area contributed by atoms with E-state index in [0.717, 1.165) is 5.39 Å². The number of rotatable bonds is 1. The van der Waals surface area contributed by atoms with Crippen molar-refractivity contribution in [3.05, 3.63) is 75.6 Å². The zero-order chi connectivity index (χ0) is 17.6. The smallest absolute Gasteiger partial charge is 0.346 e. The van der Waals surface area contributed by atoms with Crippen molar-refractivity contribution in [2.45, 2.75) is 0 Å². The predicted molar refractivity (Wildman–Crippen MR) is 99.6 cm³/mol. The van der Waals surface area contributed by atoms with E-state index in [1.165, 1.54) is 0 Å². The molecule has 120 valence electrons. The van der Waals surface area contributed by atoms with Crippen molar-refractivity contribution in [3.8, 4) is 17.2 Å². The van der Waals surface area contributed by atoms with E-state index in [-0.39, 0.29) is 16.6 Å². The number of fused-ring (bicyclic) bond motifs is 3. The van der Waals surface area contributed by atoms with Gasteiger partial charge in [0.1, 0.15) is 11.7 Å². The number of nitrogen functional groups attached to an aromatic ring is 1. The van der Waals surface area contributed by atoms with Gasteiger partial charge in [0.15, 0.2) is 0 Å². The third-order valence-corrected chi connectivity index (χ3v) is 4.56. The molecule has 0 saturated carbocycles. The van der Waals surface area contributed by atoms with Gasteiger partial charge in [0, 0.05) is 26.9 Å². The summed E-state index contributed by atoms with van der Waals surface area (Å²) in [6, 6.07) is 18.3. The van der Waals surface area contributed by atoms with Crippen LogP contribution < -0.4 is 11.4 Å². The Balaban J connectivity index is 2.26. The molecule has 0 unspecified atom stereocenters. The van der Waals surface area contributed by atoms with Crippen molar-refractivity contribution in [1.82, 2.24) is 0 Å². The average molecular weight is 347 g/mol. The van der Waals surface area contributed by atoms with Gasteiger partial charge in [-0.2, -0.15) is 5.26 Å². The van der Waals surface area contributed by atoms with Crippen LogP contribution in [-0.4, -0.2) is 0 Å². The van der Waals surface area contributed by atoms with Gasteiger partial charge in [-0.25, -0.2) is 4.79 Å². The third-order valence-electron chi connectivity index (χ3n) is 4.23. The minimum atomic E-state index is -0.562. The van der Waals surface area contributed by atoms with Crippen LogP contribution in [0.15, 0.2) is 63.8 Å². The van der Waals surface area contributed by atoms with E-state index in [1.807, 2.05) is 30.3 Å². The molecule has 0 aliphatic rings. The molecule has 0 saturated heterocycles. The summed E-state index contributed by atoms with van der Waals surface area (Å²) in [7, 11) is 0. The maximum absolute atomic E-state index is 12.4. The van der Waals surface area contributed by atoms with Crippen LogP contribution in [0.5, 0.6) is 0 Å². The predicted octanol–water partition coefficient (Wildman–Crippen LogP) is 4.72. The molecule has 4 nitrogen and oxygen atoms in total. The summed E-state index contributed by atoms with van der Waals surface area (Å²) in [4.78, 5) is 12.4. The summed E-state index contributed by atoms with van der Waals surface area (Å²) in [5, 5.41) is 11.7. The minimum absolute atomic E-state index is 0.106. The van der Waals surface area contributed by atoms with Crippen LogP contribution in [0.3, 0.4) is 0 Å². The molecule has 0 bridgehead atoms. The lowest BCUT2D eigenvalue weighted by atomic mass is 9.93. The van der Waals surface area contributed by atoms with Crippen molar-refractivity contribution >= 4 is 39.0 Å². The Morgan fingerprint density at radius 3 is 2.48 bits per heavy atom. The summed E-state index contributed by atoms with van der Waals surface area (Å²) in [6.45, 7) is 0. The highest BCUT2D eigenvalue weighted by molar-refractivity contribution is 6.33. The Bertz CT molecular complexity index is 1250. The van der Waals surface area contributed by atoms with Crippen molar-refractivity contribution in [3.63, 3.8) is 0 Å². The maximum Gasteiger partial charge on any atom is 0.346 e. The molecular weight excluding hydrogens is 336 g/mol. The van der Waals surface area contributed by atoms with E-state index < -0.39 is 5.63 Å². The second kappa shape index (κ2) is 5.66. The number of anilines is 1. The minimum Gasteiger partial charge on any atom is -0.422 e. The standard InChI is InChI=1S/C20H11ClN2O2/c21-16-7-3-1-5-11(16)13-9-14-12-6-2-4-8-17(12)25-20(24)18(14)19(23)15(13)10-22/h1-9H,23H2. The Morgan fingerprint density at radius 2 is 1.72 bits per heavy atom. The lowest BCUT2D eigenvalue weighted by molar-refractivity contribution is 0.570. The van der Waals surface area contributed by atoms with Gasteiger partial charge in [-0.15, -0.1) is 0 Å². The third kappa shape index (κ3) is 2.25. The number of benzene rings is 3. The molecule has 0 fully saturated rings. The number of para-hydroxylation sites is 1. The van der Waals surface area contributed by atoms with E-state index in [0.29, 0.717) is 27.1 Å². The van der Waals surface area contributed by atoms with Crippen LogP contribution >= 0.6 is 11.6 Å². The van der Waals surface area contributed by atoms with Crippen molar-refractivity contribution in [2.24, 2.45) is 0 Å². The number of nitrogens with zero attached hydrogens (tertiary/aromatic N) is 1. The Hall–Kier alpha value is -3.29. The molecule has 2 N–H and O–H groups in total. The lowest BCUT2D eigenvalue weighted by Crippen LogP contribution is -2.06. The number of hydrogen-bond acceptors (Lipinski definition) is 4. The summed E-state index contributed by atoms with van der Waals surface area (Å²) >= 11 is 6.31. The highest BCUT2D eigenvalue weighted by Gasteiger charge is 2.19. The van der Waals surface area contributed by atoms with Crippen LogP contribution in [0.1, 0.15) is 5.56 Å². The van der Waals surface area contributed by atoms with Gasteiger partial charge in [0.2, 0.25) is 0 Å². The van der Waals surface area contributed by atoms with Crippen LogP contribution in [0.25, 0.3) is 32.9 Å². The molecule has 4 rings (SSSR count). The largest absolute Gasteiger partial charge is 0.422 e. The first kappa shape index (κ1) is 15.3. The van der Waals surface area contributed by atoms with Crippen molar-refractivity contribution in [2.75, 3.05) is 5.73 Å². The van der Waals surface area contributed by atoms with Gasteiger partial charge in [-0.1, -0.05) is 48.0 Å². The lowest BCUT2D eigenvalue weighted by Gasteiger charge is -2.12. The molecule has 0 aliphatic heterocycles. The van der Waals surface area contributed by atoms with Gasteiger partial charge in [0.25, 0.3) is 0 Å². The van der Waals surface area contributed by atoms with Gasteiger partial charge in [-0.3, -0.25) is 0 Å². The number of nitrogens with two attached hydrogens (primary N) is 1. The molecule has 5 heteroatoms. The highest BCUT2D eigenvalue weighted by atomic mass is 35.5. The zero-order valence-corrected chi connectivity index (χ0v) is 13.7. The van der Waals surface area contributed by atoms with E-state index in [1.54, 1.807) is 24.3 Å². The van der Waals surface area contributed by atoms with Gasteiger partial charge in [0.05, 0.1) is 16.6 Å². The number of halogens is 1. The van der Waals surface area contributed by atoms with Gasteiger partial charge < -0.3 is 10.2 Å². The molecule has 25 heavy (non-hydrogen) atoms. The maximum atomic E-state index is 12.4. The normalized spacial score (nSPS) is 10.9. The summed E-state index contributed by atoms with van der Waals surface area (Å²) in [5.41, 5.74) is 7.68. The zero-order valence-electron chi connectivity index (χ0n) is 12.9. The van der Waals surface area contributed by atoms with E-state index >= 15 is 0 Å². The monoisotopic (exact) mass is 346 g/mol. The molecule has 1 aromatic heterocycles. The molecule has 4 aromatic rings. The van der Waals surface area contributed by atoms with Crippen LogP contribution in [0.2, 0.25) is 5.02 Å². The Labute approximate surface area is 147 Å². The summed E-state index contributed by atoms with van der Waals surface area (Å²) in [6.07, 6.45) is 0. The molecular formula is C20H11ClN2O2. The molecule has 3 aromatic carbocycles. The SMILES string of the molecule is N#Cc1c(-c2ccccc2Cl)cc2c(c1N)c(=O)oc1ccccc12. The second-order valence-electron chi connectivity index (χ2n) is 5.61. The summed E-state index contributed by atoms with van der Waals surface area (Å²) in [5.74, 6) is 0. The first-order valence-corrected chi connectivity index (χ1v) is 7.92. The van der Waals surface area contributed by atoms with Gasteiger partial charge in [-0.05, 0) is 18.2 Å². The molecule has 0 spiro atoms. The van der Waals surface area contributed by atoms with Crippen LogP contribution in [-0.2, 0) is 0 Å². The fourth-order valence-electron chi connectivity index (χ4n) is 3.08. The molecule has 0 aliphatic carbocycles. The first-order valence-electron chi connectivity index (χ1n) is 7.55. The molecule has 0 atom stereocenters. The molecule has 1 heterocycles. The van der Waals surface area contributed by atoms with Crippen LogP contribution in [0.4, 0.5) is 5.69 Å². The van der Waals surface area contributed by atoms with E-state index in [4.69, 9.17) is 21.8 Å². The fourth-order valence-corrected chi connectivity index (χ4v) is 3.32. The highest BCUT2D eigenvalue weighted by Crippen LogP contribution is 2.38. The fraction of sp³-hybridized carbons (Fsp3) is 0. The van der Waals surface area contributed by atoms with E-state index in [2.05, 4.69) is 6.07 Å². The topological polar surface area (TPSA) is 80.0 Å². The Kier molecular flexibility index (Phi) is 3.45. The number of nitriles is 1. The molecule has 0 radical (unpaired) electrons.